The lowest BCUT2D eigenvalue weighted by atomic mass is 9.98. The lowest BCUT2D eigenvalue weighted by Gasteiger charge is -2.34. The van der Waals surface area contributed by atoms with Crippen LogP contribution in [0.3, 0.4) is 0 Å². The molecule has 0 bridgehead atoms. The summed E-state index contributed by atoms with van der Waals surface area (Å²) in [6.45, 7) is 6.99. The number of amides is 1. The van der Waals surface area contributed by atoms with E-state index in [2.05, 4.69) is 15.1 Å². The van der Waals surface area contributed by atoms with E-state index in [0.717, 1.165) is 5.56 Å². The van der Waals surface area contributed by atoms with Crippen LogP contribution in [-0.4, -0.2) is 77.9 Å². The monoisotopic (exact) mass is 509 g/mol. The number of rotatable bonds is 8. The molecule has 37 heavy (non-hydrogen) atoms. The number of nitrogens with one attached hydrogen (secondary N) is 1. The predicted octanol–water partition coefficient (Wildman–Crippen LogP) is 2.27. The molecule has 1 aliphatic rings. The third kappa shape index (κ3) is 5.83. The Morgan fingerprint density at radius 2 is 1.68 bits per heavy atom. The van der Waals surface area contributed by atoms with Crippen LogP contribution in [0.4, 0.5) is 0 Å². The van der Waals surface area contributed by atoms with Gasteiger partial charge in [0.1, 0.15) is 11.5 Å². The van der Waals surface area contributed by atoms with Gasteiger partial charge in [-0.15, -0.1) is 0 Å². The van der Waals surface area contributed by atoms with E-state index >= 15 is 0 Å². The Balaban J connectivity index is 1.46. The van der Waals surface area contributed by atoms with Gasteiger partial charge in [0, 0.05) is 45.2 Å². The zero-order chi connectivity index (χ0) is 26.7. The summed E-state index contributed by atoms with van der Waals surface area (Å²) in [7, 11) is 0. The summed E-state index contributed by atoms with van der Waals surface area (Å²) in [4.78, 5) is 39.4. The predicted molar refractivity (Wildman–Crippen MR) is 136 cm³/mol. The first-order chi connectivity index (χ1) is 17.6. The summed E-state index contributed by atoms with van der Waals surface area (Å²) in [5.41, 5.74) is 2.12. The van der Waals surface area contributed by atoms with Gasteiger partial charge < -0.3 is 20.2 Å². The molecule has 3 aromatic rings. The van der Waals surface area contributed by atoms with Gasteiger partial charge in [0.15, 0.2) is 5.82 Å². The number of carboxylic acids is 1. The first-order valence-electron chi connectivity index (χ1n) is 12.2. The van der Waals surface area contributed by atoms with Crippen LogP contribution in [0.1, 0.15) is 43.7 Å². The van der Waals surface area contributed by atoms with E-state index in [1.807, 2.05) is 38.1 Å². The van der Waals surface area contributed by atoms with Gasteiger partial charge >= 0.3 is 11.7 Å². The van der Waals surface area contributed by atoms with Crippen molar-refractivity contribution < 1.29 is 24.9 Å². The molecule has 0 spiro atoms. The summed E-state index contributed by atoms with van der Waals surface area (Å²) in [5.74, 6) is -1.06. The lowest BCUT2D eigenvalue weighted by Crippen LogP contribution is -2.48. The highest BCUT2D eigenvalue weighted by atomic mass is 16.4. The van der Waals surface area contributed by atoms with Gasteiger partial charge in [0.05, 0.1) is 17.7 Å². The van der Waals surface area contributed by atoms with Crippen LogP contribution in [0.2, 0.25) is 0 Å². The number of piperazine rings is 1. The number of carbonyl (C=O) groups is 2. The molecule has 0 aliphatic carbocycles. The number of hydrogen-bond acceptors (Lipinski definition) is 7. The minimum Gasteiger partial charge on any atom is -0.508 e. The van der Waals surface area contributed by atoms with Crippen molar-refractivity contribution >= 4 is 11.9 Å². The number of phenolic OH excluding ortho intramolecular Hbond substituents is 2. The molecule has 1 aliphatic heterocycles. The first-order valence-corrected chi connectivity index (χ1v) is 12.2. The topological polar surface area (TPSA) is 152 Å². The Labute approximate surface area is 213 Å². The number of aromatic hydroxyl groups is 2. The Bertz CT molecular complexity index is 1340. The Hall–Kier alpha value is -4.12. The summed E-state index contributed by atoms with van der Waals surface area (Å²) < 4.78 is 1.38. The molecular weight excluding hydrogens is 478 g/mol. The van der Waals surface area contributed by atoms with Crippen LogP contribution < -0.4 is 5.69 Å². The van der Waals surface area contributed by atoms with Crippen molar-refractivity contribution in [2.45, 2.75) is 39.2 Å². The maximum absolute atomic E-state index is 12.6. The molecule has 0 saturated carbocycles. The van der Waals surface area contributed by atoms with Crippen molar-refractivity contribution in [3.05, 3.63) is 58.0 Å². The molecule has 0 atom stereocenters. The number of H-pyrrole nitrogens is 1. The van der Waals surface area contributed by atoms with Crippen molar-refractivity contribution in [3.8, 4) is 28.6 Å². The smallest absolute Gasteiger partial charge is 0.348 e. The number of aromatic nitrogens is 3. The molecule has 1 aromatic heterocycles. The van der Waals surface area contributed by atoms with E-state index in [1.54, 1.807) is 11.0 Å². The summed E-state index contributed by atoms with van der Waals surface area (Å²) in [6.07, 6.45) is -0.134. The fourth-order valence-corrected chi connectivity index (χ4v) is 4.49. The molecule has 1 amide bonds. The summed E-state index contributed by atoms with van der Waals surface area (Å²) in [5, 5.41) is 36.0. The molecule has 0 radical (unpaired) electrons. The molecule has 4 N–H and O–H groups in total. The standard InChI is InChI=1S/C26H31N5O6/c1-16(2)19-13-20(22(33)14-21(19)32)25-27-28-26(37)31(25)18-5-3-17(4-6-18)15-29-9-11-30(12-10-29)23(34)7-8-24(35)36/h3-6,13-14,16,32-33H,7-12,15H2,1-2H3,(H,28,37)(H,35,36). The zero-order valence-corrected chi connectivity index (χ0v) is 20.8. The van der Waals surface area contributed by atoms with Gasteiger partial charge in [-0.05, 0) is 35.2 Å². The Morgan fingerprint density at radius 1 is 1.00 bits per heavy atom. The molecule has 1 fully saturated rings. The second kappa shape index (κ2) is 10.9. The third-order valence-corrected chi connectivity index (χ3v) is 6.56. The lowest BCUT2D eigenvalue weighted by molar-refractivity contribution is -0.141. The normalized spacial score (nSPS) is 14.3. The van der Waals surface area contributed by atoms with Crippen LogP contribution in [0.15, 0.2) is 41.2 Å². The molecule has 196 valence electrons. The second-order valence-corrected chi connectivity index (χ2v) is 9.49. The molecule has 2 heterocycles. The van der Waals surface area contributed by atoms with Crippen molar-refractivity contribution in [2.75, 3.05) is 26.2 Å². The molecule has 0 unspecified atom stereocenters. The van der Waals surface area contributed by atoms with Crippen LogP contribution in [0.25, 0.3) is 17.1 Å². The number of carboxylic acid groups (broad SMARTS) is 1. The first kappa shape index (κ1) is 26.0. The number of aromatic amines is 1. The fourth-order valence-electron chi connectivity index (χ4n) is 4.49. The number of hydrogen-bond donors (Lipinski definition) is 4. The van der Waals surface area contributed by atoms with E-state index in [-0.39, 0.29) is 42.0 Å². The average Bonchev–Trinajstić information content (AvgIpc) is 3.24. The Kier molecular flexibility index (Phi) is 7.63. The maximum atomic E-state index is 12.6. The zero-order valence-electron chi connectivity index (χ0n) is 20.8. The second-order valence-electron chi connectivity index (χ2n) is 9.49. The van der Waals surface area contributed by atoms with Crippen molar-refractivity contribution in [1.82, 2.24) is 24.6 Å². The highest BCUT2D eigenvalue weighted by Crippen LogP contribution is 2.37. The van der Waals surface area contributed by atoms with Crippen LogP contribution in [0, 0.1) is 0 Å². The average molecular weight is 510 g/mol. The number of carbonyl (C=O) groups excluding carboxylic acids is 1. The van der Waals surface area contributed by atoms with E-state index in [9.17, 15) is 24.6 Å². The minimum atomic E-state index is -0.972. The minimum absolute atomic E-state index is 0.00229. The van der Waals surface area contributed by atoms with Gasteiger partial charge in [-0.3, -0.25) is 14.5 Å². The molecule has 11 heteroatoms. The fraction of sp³-hybridized carbons (Fsp3) is 0.385. The van der Waals surface area contributed by atoms with Crippen molar-refractivity contribution in [2.24, 2.45) is 0 Å². The molecule has 11 nitrogen and oxygen atoms in total. The van der Waals surface area contributed by atoms with Gasteiger partial charge in [-0.2, -0.15) is 5.10 Å². The molecule has 4 rings (SSSR count). The van der Waals surface area contributed by atoms with Crippen LogP contribution in [0.5, 0.6) is 11.5 Å². The van der Waals surface area contributed by atoms with Crippen molar-refractivity contribution in [1.29, 1.82) is 0 Å². The van der Waals surface area contributed by atoms with E-state index in [0.29, 0.717) is 49.5 Å². The number of benzene rings is 2. The van der Waals surface area contributed by atoms with E-state index in [4.69, 9.17) is 5.11 Å². The van der Waals surface area contributed by atoms with Gasteiger partial charge in [0.25, 0.3) is 0 Å². The highest BCUT2D eigenvalue weighted by molar-refractivity contribution is 5.80. The number of aliphatic carboxylic acids is 1. The highest BCUT2D eigenvalue weighted by Gasteiger charge is 2.22. The van der Waals surface area contributed by atoms with Crippen molar-refractivity contribution in [3.63, 3.8) is 0 Å². The third-order valence-electron chi connectivity index (χ3n) is 6.56. The van der Waals surface area contributed by atoms with Gasteiger partial charge in [-0.25, -0.2) is 14.5 Å². The number of phenols is 2. The van der Waals surface area contributed by atoms with E-state index < -0.39 is 11.7 Å². The maximum Gasteiger partial charge on any atom is 0.348 e. The molecule has 1 saturated heterocycles. The van der Waals surface area contributed by atoms with Gasteiger partial charge in [-0.1, -0.05) is 26.0 Å². The summed E-state index contributed by atoms with van der Waals surface area (Å²) in [6, 6.07) is 10.3. The quantitative estimate of drug-likeness (QED) is 0.361. The van der Waals surface area contributed by atoms with Crippen LogP contribution >= 0.6 is 0 Å². The molecule has 2 aromatic carbocycles. The number of nitrogens with zero attached hydrogens (tertiary/aromatic N) is 4. The molecular formula is C26H31N5O6. The Morgan fingerprint density at radius 3 is 2.30 bits per heavy atom. The summed E-state index contributed by atoms with van der Waals surface area (Å²) >= 11 is 0. The van der Waals surface area contributed by atoms with Crippen LogP contribution in [-0.2, 0) is 16.1 Å². The largest absolute Gasteiger partial charge is 0.508 e. The van der Waals surface area contributed by atoms with Gasteiger partial charge in [0.2, 0.25) is 5.91 Å². The van der Waals surface area contributed by atoms with E-state index in [1.165, 1.54) is 10.6 Å². The SMILES string of the molecule is CC(C)c1cc(-c2n[nH]c(=O)n2-c2ccc(CN3CCN(C(=O)CCC(=O)O)CC3)cc2)c(O)cc1O.